The predicted octanol–water partition coefficient (Wildman–Crippen LogP) is 3.46. The Kier molecular flexibility index (Phi) is 15.3. The quantitative estimate of drug-likeness (QED) is 0.355. The van der Waals surface area contributed by atoms with Crippen LogP contribution in [-0.4, -0.2) is 78.8 Å². The van der Waals surface area contributed by atoms with E-state index >= 15 is 0 Å². The highest BCUT2D eigenvalue weighted by atomic mass is 16.6. The third-order valence-electron chi connectivity index (χ3n) is 4.16. The first-order valence-electron chi connectivity index (χ1n) is 10.6. The van der Waals surface area contributed by atoms with Gasteiger partial charge in [-0.25, -0.2) is 0 Å². The molecule has 27 heavy (non-hydrogen) atoms. The molecule has 162 valence electrons. The summed E-state index contributed by atoms with van der Waals surface area (Å²) in [5.41, 5.74) is 0.205. The van der Waals surface area contributed by atoms with Crippen LogP contribution in [0.4, 0.5) is 0 Å². The summed E-state index contributed by atoms with van der Waals surface area (Å²) >= 11 is 0. The van der Waals surface area contributed by atoms with Gasteiger partial charge in [-0.3, -0.25) is 0 Å². The summed E-state index contributed by atoms with van der Waals surface area (Å²) in [6.45, 7) is 13.3. The van der Waals surface area contributed by atoms with Gasteiger partial charge in [-0.05, 0) is 18.3 Å². The topological polar surface area (TPSA) is 55.4 Å². The zero-order valence-electron chi connectivity index (χ0n) is 17.8. The van der Waals surface area contributed by atoms with E-state index < -0.39 is 0 Å². The lowest BCUT2D eigenvalue weighted by Gasteiger charge is -2.21. The molecule has 0 aliphatic heterocycles. The fourth-order valence-corrected chi connectivity index (χ4v) is 2.76. The van der Waals surface area contributed by atoms with Crippen LogP contribution in [0.1, 0.15) is 52.9 Å². The van der Waals surface area contributed by atoms with Crippen molar-refractivity contribution in [3.8, 4) is 0 Å². The van der Waals surface area contributed by atoms with Crippen LogP contribution in [0.2, 0.25) is 0 Å². The molecule has 0 radical (unpaired) electrons. The monoisotopic (exact) mass is 390 g/mol. The van der Waals surface area contributed by atoms with Gasteiger partial charge >= 0.3 is 0 Å². The Morgan fingerprint density at radius 3 is 1.41 bits per heavy atom. The van der Waals surface area contributed by atoms with Crippen LogP contribution >= 0.6 is 0 Å². The molecular weight excluding hydrogens is 348 g/mol. The Labute approximate surface area is 166 Å². The molecule has 0 aromatic carbocycles. The van der Waals surface area contributed by atoms with Gasteiger partial charge in [0.2, 0.25) is 0 Å². The lowest BCUT2D eigenvalue weighted by atomic mass is 9.98. The summed E-state index contributed by atoms with van der Waals surface area (Å²) in [6, 6.07) is 0. The van der Waals surface area contributed by atoms with E-state index in [0.717, 1.165) is 6.61 Å². The molecule has 0 saturated heterocycles. The Morgan fingerprint density at radius 2 is 0.963 bits per heavy atom. The number of hydrogen-bond donors (Lipinski definition) is 0. The summed E-state index contributed by atoms with van der Waals surface area (Å²) in [7, 11) is 0. The van der Waals surface area contributed by atoms with E-state index in [-0.39, 0.29) is 5.41 Å². The largest absolute Gasteiger partial charge is 0.379 e. The fourth-order valence-electron chi connectivity index (χ4n) is 2.76. The average molecular weight is 391 g/mol. The van der Waals surface area contributed by atoms with Crippen molar-refractivity contribution in [2.24, 2.45) is 5.41 Å². The molecule has 0 aromatic heterocycles. The third-order valence-corrected chi connectivity index (χ3v) is 4.16. The van der Waals surface area contributed by atoms with E-state index in [0.29, 0.717) is 72.2 Å². The molecule has 0 amide bonds. The molecule has 1 aliphatic rings. The molecule has 1 fully saturated rings. The normalized spacial score (nSPS) is 16.1. The van der Waals surface area contributed by atoms with Crippen LogP contribution in [-0.2, 0) is 28.4 Å². The van der Waals surface area contributed by atoms with Gasteiger partial charge in [0.15, 0.2) is 0 Å². The second-order valence-electron chi connectivity index (χ2n) is 8.19. The summed E-state index contributed by atoms with van der Waals surface area (Å²) < 4.78 is 33.2. The van der Waals surface area contributed by atoms with E-state index in [9.17, 15) is 0 Å². The van der Waals surface area contributed by atoms with Gasteiger partial charge in [0.1, 0.15) is 0 Å². The first-order chi connectivity index (χ1) is 13.1. The summed E-state index contributed by atoms with van der Waals surface area (Å²) in [6.07, 6.45) is 6.84. The average Bonchev–Trinajstić information content (AvgIpc) is 2.64. The molecule has 0 bridgehead atoms. The van der Waals surface area contributed by atoms with Crippen molar-refractivity contribution in [2.45, 2.75) is 59.0 Å². The molecule has 6 nitrogen and oxygen atoms in total. The van der Waals surface area contributed by atoms with Crippen LogP contribution in [0.5, 0.6) is 0 Å². The SMILES string of the molecule is CC(C)(C)COCCOCCOCCOCCOCCOC1CCCCC1. The van der Waals surface area contributed by atoms with Crippen molar-refractivity contribution < 1.29 is 28.4 Å². The molecule has 1 saturated carbocycles. The highest BCUT2D eigenvalue weighted by Gasteiger charge is 2.13. The van der Waals surface area contributed by atoms with Crippen LogP contribution in [0.15, 0.2) is 0 Å². The van der Waals surface area contributed by atoms with Crippen molar-refractivity contribution >= 4 is 0 Å². The molecule has 0 aromatic rings. The zero-order chi connectivity index (χ0) is 19.6. The first-order valence-corrected chi connectivity index (χ1v) is 10.6. The Morgan fingerprint density at radius 1 is 0.556 bits per heavy atom. The number of hydrogen-bond acceptors (Lipinski definition) is 6. The highest BCUT2D eigenvalue weighted by Crippen LogP contribution is 2.19. The standard InChI is InChI=1S/C21H42O6/c1-21(2,3)19-26-16-15-24-12-11-22-9-10-23-13-14-25-17-18-27-20-7-5-4-6-8-20/h20H,4-19H2,1-3H3. The van der Waals surface area contributed by atoms with Crippen LogP contribution < -0.4 is 0 Å². The minimum absolute atomic E-state index is 0.205. The van der Waals surface area contributed by atoms with Crippen LogP contribution in [0, 0.1) is 5.41 Å². The van der Waals surface area contributed by atoms with E-state index in [1.807, 2.05) is 0 Å². The maximum absolute atomic E-state index is 5.81. The van der Waals surface area contributed by atoms with Gasteiger partial charge in [0.05, 0.1) is 78.8 Å². The van der Waals surface area contributed by atoms with Gasteiger partial charge in [0.25, 0.3) is 0 Å². The van der Waals surface area contributed by atoms with Crippen LogP contribution in [0.25, 0.3) is 0 Å². The maximum atomic E-state index is 5.81. The molecule has 6 heteroatoms. The molecule has 0 unspecified atom stereocenters. The van der Waals surface area contributed by atoms with E-state index in [2.05, 4.69) is 20.8 Å². The second kappa shape index (κ2) is 16.7. The Hall–Kier alpha value is -0.240. The number of ether oxygens (including phenoxy) is 6. The molecule has 1 aliphatic carbocycles. The lowest BCUT2D eigenvalue weighted by molar-refractivity contribution is -0.0319. The smallest absolute Gasteiger partial charge is 0.0704 e. The van der Waals surface area contributed by atoms with Gasteiger partial charge < -0.3 is 28.4 Å². The summed E-state index contributed by atoms with van der Waals surface area (Å²) in [5, 5.41) is 0. The van der Waals surface area contributed by atoms with Gasteiger partial charge in [-0.15, -0.1) is 0 Å². The van der Waals surface area contributed by atoms with E-state index in [1.54, 1.807) is 0 Å². The summed E-state index contributed by atoms with van der Waals surface area (Å²) in [4.78, 5) is 0. The minimum atomic E-state index is 0.205. The van der Waals surface area contributed by atoms with Gasteiger partial charge in [0, 0.05) is 0 Å². The molecular formula is C21H42O6. The maximum Gasteiger partial charge on any atom is 0.0704 e. The Bertz CT molecular complexity index is 312. The van der Waals surface area contributed by atoms with Crippen molar-refractivity contribution in [3.63, 3.8) is 0 Å². The fraction of sp³-hybridized carbons (Fsp3) is 1.00. The minimum Gasteiger partial charge on any atom is -0.379 e. The highest BCUT2D eigenvalue weighted by molar-refractivity contribution is 4.64. The van der Waals surface area contributed by atoms with Gasteiger partial charge in [-0.2, -0.15) is 0 Å². The van der Waals surface area contributed by atoms with Crippen LogP contribution in [0.3, 0.4) is 0 Å². The summed E-state index contributed by atoms with van der Waals surface area (Å²) in [5.74, 6) is 0. The van der Waals surface area contributed by atoms with Crippen molar-refractivity contribution in [1.82, 2.24) is 0 Å². The lowest BCUT2D eigenvalue weighted by Crippen LogP contribution is -2.19. The van der Waals surface area contributed by atoms with E-state index in [4.69, 9.17) is 28.4 Å². The predicted molar refractivity (Wildman–Crippen MR) is 106 cm³/mol. The first kappa shape index (κ1) is 24.8. The molecule has 0 spiro atoms. The molecule has 0 heterocycles. The molecule has 0 N–H and O–H groups in total. The third kappa shape index (κ3) is 17.6. The van der Waals surface area contributed by atoms with Gasteiger partial charge in [-0.1, -0.05) is 40.0 Å². The van der Waals surface area contributed by atoms with E-state index in [1.165, 1.54) is 32.1 Å². The molecule has 1 rings (SSSR count). The Balaban J connectivity index is 1.67. The zero-order valence-corrected chi connectivity index (χ0v) is 17.8. The number of rotatable bonds is 17. The van der Waals surface area contributed by atoms with Crippen molar-refractivity contribution in [1.29, 1.82) is 0 Å². The second-order valence-corrected chi connectivity index (χ2v) is 8.19. The van der Waals surface area contributed by atoms with Crippen molar-refractivity contribution in [2.75, 3.05) is 72.7 Å². The molecule has 0 atom stereocenters. The van der Waals surface area contributed by atoms with Crippen molar-refractivity contribution in [3.05, 3.63) is 0 Å².